The Labute approximate surface area is 103 Å². The van der Waals surface area contributed by atoms with E-state index in [-0.39, 0.29) is 17.3 Å². The van der Waals surface area contributed by atoms with Crippen LogP contribution < -0.4 is 5.73 Å². The Hall–Kier alpha value is -2.37. The van der Waals surface area contributed by atoms with Crippen LogP contribution in [-0.2, 0) is 7.05 Å². The van der Waals surface area contributed by atoms with Gasteiger partial charge in [-0.3, -0.25) is 4.68 Å². The number of rotatable bonds is 2. The second-order valence-corrected chi connectivity index (χ2v) is 4.00. The third-order valence-corrected chi connectivity index (χ3v) is 2.74. The normalized spacial score (nSPS) is 10.6. The van der Waals surface area contributed by atoms with Gasteiger partial charge >= 0.3 is 5.97 Å². The molecular weight excluding hydrogens is 237 g/mol. The zero-order valence-electron chi connectivity index (χ0n) is 9.94. The van der Waals surface area contributed by atoms with Gasteiger partial charge in [0.05, 0.1) is 5.56 Å². The summed E-state index contributed by atoms with van der Waals surface area (Å²) in [7, 11) is 1.56. The van der Waals surface area contributed by atoms with E-state index >= 15 is 0 Å². The second kappa shape index (κ2) is 4.14. The van der Waals surface area contributed by atoms with Gasteiger partial charge < -0.3 is 10.8 Å². The second-order valence-electron chi connectivity index (χ2n) is 4.00. The highest BCUT2D eigenvalue weighted by molar-refractivity contribution is 5.97. The molecule has 1 heterocycles. The average Bonchev–Trinajstić information content (AvgIpc) is 2.60. The Bertz CT molecular complexity index is 634. The van der Waals surface area contributed by atoms with Crippen molar-refractivity contribution in [2.75, 3.05) is 5.73 Å². The molecule has 2 rings (SSSR count). The van der Waals surface area contributed by atoms with Gasteiger partial charge in [-0.1, -0.05) is 6.07 Å². The van der Waals surface area contributed by atoms with Crippen LogP contribution in [0.2, 0.25) is 0 Å². The van der Waals surface area contributed by atoms with Crippen molar-refractivity contribution in [1.29, 1.82) is 0 Å². The number of carboxylic acids is 1. The molecule has 0 amide bonds. The minimum Gasteiger partial charge on any atom is -0.476 e. The number of nitrogens with zero attached hydrogens (tertiary/aromatic N) is 2. The Kier molecular flexibility index (Phi) is 2.78. The zero-order valence-corrected chi connectivity index (χ0v) is 9.94. The van der Waals surface area contributed by atoms with Crippen LogP contribution in [0.1, 0.15) is 16.1 Å². The molecule has 0 spiro atoms. The first-order valence-corrected chi connectivity index (χ1v) is 5.24. The lowest BCUT2D eigenvalue weighted by atomic mass is 10.0. The summed E-state index contributed by atoms with van der Waals surface area (Å²) in [6.45, 7) is 1.60. The van der Waals surface area contributed by atoms with Gasteiger partial charge in [0, 0.05) is 7.05 Å². The molecule has 94 valence electrons. The number of benzene rings is 1. The minimum absolute atomic E-state index is 0.138. The van der Waals surface area contributed by atoms with Crippen LogP contribution in [0.15, 0.2) is 18.2 Å². The summed E-state index contributed by atoms with van der Waals surface area (Å²) in [5, 5.41) is 12.9. The highest BCUT2D eigenvalue weighted by atomic mass is 19.1. The van der Waals surface area contributed by atoms with E-state index in [1.807, 2.05) is 0 Å². The number of carbonyl (C=O) groups is 1. The summed E-state index contributed by atoms with van der Waals surface area (Å²) in [5.74, 6) is -1.28. The molecule has 0 aliphatic rings. The Morgan fingerprint density at radius 3 is 2.72 bits per heavy atom. The zero-order chi connectivity index (χ0) is 13.4. The first-order valence-electron chi connectivity index (χ1n) is 5.24. The number of halogens is 1. The summed E-state index contributed by atoms with van der Waals surface area (Å²) in [6, 6.07) is 4.32. The number of hydrogen-bond donors (Lipinski definition) is 2. The average molecular weight is 249 g/mol. The lowest BCUT2D eigenvalue weighted by Crippen LogP contribution is -2.00. The lowest BCUT2D eigenvalue weighted by Gasteiger charge is -2.04. The van der Waals surface area contributed by atoms with Gasteiger partial charge in [0.1, 0.15) is 11.6 Å². The van der Waals surface area contributed by atoms with Gasteiger partial charge in [-0.05, 0) is 30.2 Å². The molecular formula is C12H12FN3O2. The van der Waals surface area contributed by atoms with Crippen molar-refractivity contribution in [3.05, 3.63) is 35.3 Å². The fraction of sp³-hybridized carbons (Fsp3) is 0.167. The minimum atomic E-state index is -1.17. The molecule has 6 heteroatoms. The van der Waals surface area contributed by atoms with Crippen molar-refractivity contribution in [1.82, 2.24) is 9.78 Å². The third-order valence-electron chi connectivity index (χ3n) is 2.74. The molecule has 0 aliphatic heterocycles. The molecule has 2 aromatic rings. The van der Waals surface area contributed by atoms with Gasteiger partial charge in [0.2, 0.25) is 0 Å². The molecule has 0 bridgehead atoms. The summed E-state index contributed by atoms with van der Waals surface area (Å²) >= 11 is 0. The van der Waals surface area contributed by atoms with Crippen LogP contribution >= 0.6 is 0 Å². The number of hydrogen-bond acceptors (Lipinski definition) is 3. The molecule has 5 nitrogen and oxygen atoms in total. The van der Waals surface area contributed by atoms with E-state index in [4.69, 9.17) is 10.8 Å². The van der Waals surface area contributed by atoms with Crippen molar-refractivity contribution in [3.8, 4) is 11.1 Å². The van der Waals surface area contributed by atoms with Crippen LogP contribution in [0.25, 0.3) is 11.1 Å². The summed E-state index contributed by atoms with van der Waals surface area (Å²) < 4.78 is 14.5. The number of carboxylic acid groups (broad SMARTS) is 1. The highest BCUT2D eigenvalue weighted by Crippen LogP contribution is 2.30. The van der Waals surface area contributed by atoms with Crippen molar-refractivity contribution >= 4 is 11.8 Å². The molecule has 0 fully saturated rings. The lowest BCUT2D eigenvalue weighted by molar-refractivity contribution is 0.0690. The maximum Gasteiger partial charge on any atom is 0.357 e. The number of aryl methyl sites for hydroxylation is 2. The van der Waals surface area contributed by atoms with E-state index in [0.29, 0.717) is 16.7 Å². The van der Waals surface area contributed by atoms with Crippen LogP contribution in [-0.4, -0.2) is 20.9 Å². The predicted molar refractivity (Wildman–Crippen MR) is 64.7 cm³/mol. The standard InChI is InChI=1S/C12H12FN3O2/c1-6-5-7(3-4-8(6)13)9-10(12(17)18)15-16(2)11(9)14/h3-5H,14H2,1-2H3,(H,17,18). The van der Waals surface area contributed by atoms with Crippen LogP contribution in [0, 0.1) is 12.7 Å². The first kappa shape index (κ1) is 12.1. The molecule has 0 aliphatic carbocycles. The Morgan fingerprint density at radius 1 is 1.50 bits per heavy atom. The molecule has 0 radical (unpaired) electrons. The molecule has 1 aromatic heterocycles. The van der Waals surface area contributed by atoms with Gasteiger partial charge in [0.15, 0.2) is 5.69 Å². The largest absolute Gasteiger partial charge is 0.476 e. The quantitative estimate of drug-likeness (QED) is 0.850. The fourth-order valence-electron chi connectivity index (χ4n) is 1.77. The molecule has 18 heavy (non-hydrogen) atoms. The van der Waals surface area contributed by atoms with Crippen molar-refractivity contribution in [2.24, 2.45) is 7.05 Å². The number of nitrogens with two attached hydrogens (primary N) is 1. The number of aromatic carboxylic acids is 1. The van der Waals surface area contributed by atoms with E-state index in [0.717, 1.165) is 0 Å². The molecule has 3 N–H and O–H groups in total. The number of nitrogen functional groups attached to an aromatic ring is 1. The topological polar surface area (TPSA) is 81.1 Å². The molecule has 0 saturated heterocycles. The van der Waals surface area contributed by atoms with Gasteiger partial charge in [-0.15, -0.1) is 0 Å². The van der Waals surface area contributed by atoms with Crippen LogP contribution in [0.4, 0.5) is 10.2 Å². The maximum atomic E-state index is 13.2. The Morgan fingerprint density at radius 2 is 2.17 bits per heavy atom. The first-order chi connectivity index (χ1) is 8.41. The van der Waals surface area contributed by atoms with Crippen molar-refractivity contribution < 1.29 is 14.3 Å². The van der Waals surface area contributed by atoms with Crippen LogP contribution in [0.3, 0.4) is 0 Å². The summed E-state index contributed by atoms with van der Waals surface area (Å²) in [6.07, 6.45) is 0. The maximum absolute atomic E-state index is 13.2. The SMILES string of the molecule is Cc1cc(-c2c(C(=O)O)nn(C)c2N)ccc1F. The highest BCUT2D eigenvalue weighted by Gasteiger charge is 2.21. The van der Waals surface area contributed by atoms with E-state index in [1.165, 1.54) is 16.8 Å². The molecule has 1 aromatic carbocycles. The van der Waals surface area contributed by atoms with E-state index in [2.05, 4.69) is 5.10 Å². The number of anilines is 1. The molecule has 0 atom stereocenters. The predicted octanol–water partition coefficient (Wildman–Crippen LogP) is 1.82. The summed E-state index contributed by atoms with van der Waals surface area (Å²) in [4.78, 5) is 11.1. The van der Waals surface area contributed by atoms with Crippen molar-refractivity contribution in [3.63, 3.8) is 0 Å². The monoisotopic (exact) mass is 249 g/mol. The smallest absolute Gasteiger partial charge is 0.357 e. The molecule has 0 unspecified atom stereocenters. The van der Waals surface area contributed by atoms with Gasteiger partial charge in [-0.25, -0.2) is 9.18 Å². The fourth-order valence-corrected chi connectivity index (χ4v) is 1.77. The summed E-state index contributed by atoms with van der Waals surface area (Å²) in [5.41, 5.74) is 6.94. The Balaban J connectivity index is 2.69. The van der Waals surface area contributed by atoms with Crippen molar-refractivity contribution in [2.45, 2.75) is 6.92 Å². The van der Waals surface area contributed by atoms with E-state index in [9.17, 15) is 9.18 Å². The third kappa shape index (κ3) is 1.81. The van der Waals surface area contributed by atoms with E-state index in [1.54, 1.807) is 20.0 Å². The number of aromatic nitrogens is 2. The molecule has 0 saturated carbocycles. The van der Waals surface area contributed by atoms with Crippen LogP contribution in [0.5, 0.6) is 0 Å². The van der Waals surface area contributed by atoms with Gasteiger partial charge in [-0.2, -0.15) is 5.10 Å². The van der Waals surface area contributed by atoms with Gasteiger partial charge in [0.25, 0.3) is 0 Å². The van der Waals surface area contributed by atoms with E-state index < -0.39 is 5.97 Å².